The number of nitriles is 1. The number of benzene rings is 2. The maximum Gasteiger partial charge on any atom is 0.153 e. The minimum absolute atomic E-state index is 0.114. The summed E-state index contributed by atoms with van der Waals surface area (Å²) in [5.41, 5.74) is 3.32. The molecule has 3 aromatic rings. The number of carbonyl (C=O) groups is 1. The lowest BCUT2D eigenvalue weighted by Crippen LogP contribution is -2.34. The maximum atomic E-state index is 11.7. The van der Waals surface area contributed by atoms with Gasteiger partial charge in [-0.15, -0.1) is 11.6 Å². The molecule has 2 atom stereocenters. The second-order valence-corrected chi connectivity index (χ2v) is 11.3. The van der Waals surface area contributed by atoms with Crippen LogP contribution in [0.4, 0.5) is 0 Å². The molecule has 0 N–H and O–H groups in total. The molecule has 0 bridgehead atoms. The maximum absolute atomic E-state index is 11.7. The third-order valence-electron chi connectivity index (χ3n) is 6.45. The normalized spacial score (nSPS) is 18.0. The smallest absolute Gasteiger partial charge is 0.153 e. The molecule has 0 saturated heterocycles. The van der Waals surface area contributed by atoms with Gasteiger partial charge in [-0.25, -0.2) is 0 Å². The Morgan fingerprint density at radius 2 is 2.00 bits per heavy atom. The molecule has 2 unspecified atom stereocenters. The van der Waals surface area contributed by atoms with Crippen LogP contribution in [0.3, 0.4) is 0 Å². The van der Waals surface area contributed by atoms with Gasteiger partial charge in [0.25, 0.3) is 0 Å². The Labute approximate surface area is 252 Å². The lowest BCUT2D eigenvalue weighted by Gasteiger charge is -2.35. The van der Waals surface area contributed by atoms with Gasteiger partial charge in [-0.3, -0.25) is 9.78 Å². The van der Waals surface area contributed by atoms with E-state index in [-0.39, 0.29) is 29.7 Å². The summed E-state index contributed by atoms with van der Waals surface area (Å²) in [4.78, 5) is 15.0. The van der Waals surface area contributed by atoms with E-state index in [1.54, 1.807) is 18.3 Å². The van der Waals surface area contributed by atoms with Crippen LogP contribution in [0, 0.1) is 17.2 Å². The van der Waals surface area contributed by atoms with Crippen LogP contribution < -0.4 is 14.2 Å². The minimum atomic E-state index is -0.767. The second kappa shape index (κ2) is 13.8. The van der Waals surface area contributed by atoms with Crippen molar-refractivity contribution in [2.24, 2.45) is 5.92 Å². The van der Waals surface area contributed by atoms with Crippen LogP contribution >= 0.6 is 39.1 Å². The Hall–Kier alpha value is -3.31. The molecule has 0 radical (unpaired) electrons. The highest BCUT2D eigenvalue weighted by molar-refractivity contribution is 9.09. The Balaban J connectivity index is 1.48. The van der Waals surface area contributed by atoms with E-state index < -0.39 is 4.87 Å². The molecule has 0 spiro atoms. The number of aldehydes is 1. The monoisotopic (exact) mass is 640 g/mol. The Morgan fingerprint density at radius 3 is 2.77 bits per heavy atom. The Bertz CT molecular complexity index is 1470. The van der Waals surface area contributed by atoms with Crippen LogP contribution in [0.2, 0.25) is 5.02 Å². The predicted octanol–water partition coefficient (Wildman–Crippen LogP) is 7.81. The number of hydrogen-bond donors (Lipinski definition) is 0. The standard InChI is InChI=1S/C31H27BrCl2N2O4/c1-31(34)25(6-3-8-27(31)23-5-2-7-26(12-23)38-10-4-9-32)20-40-30-14-29(24(18-37)13-28(30)33)39-19-22-11-21(15-35)16-36-17-22/h2-3,5-8,11-14,16-18,25H,4,9-10,19-20H2,1H3. The highest BCUT2D eigenvalue weighted by Crippen LogP contribution is 2.44. The van der Waals surface area contributed by atoms with Crippen LogP contribution in [-0.4, -0.2) is 34.7 Å². The van der Waals surface area contributed by atoms with E-state index in [1.165, 1.54) is 12.3 Å². The molecule has 1 aromatic heterocycles. The molecule has 0 amide bonds. The molecule has 0 fully saturated rings. The first-order valence-electron chi connectivity index (χ1n) is 12.6. The molecule has 1 aliphatic rings. The number of halogens is 3. The van der Waals surface area contributed by atoms with Crippen molar-refractivity contribution in [3.8, 4) is 23.3 Å². The highest BCUT2D eigenvalue weighted by atomic mass is 79.9. The van der Waals surface area contributed by atoms with Gasteiger partial charge in [-0.2, -0.15) is 5.26 Å². The van der Waals surface area contributed by atoms with Crippen LogP contribution in [0.15, 0.2) is 73.1 Å². The Morgan fingerprint density at radius 1 is 1.15 bits per heavy atom. The van der Waals surface area contributed by atoms with Crippen molar-refractivity contribution in [2.75, 3.05) is 18.5 Å². The van der Waals surface area contributed by atoms with E-state index in [2.05, 4.69) is 20.9 Å². The zero-order chi connectivity index (χ0) is 28.5. The van der Waals surface area contributed by atoms with Crippen molar-refractivity contribution in [2.45, 2.75) is 24.8 Å². The molecular weight excluding hydrogens is 615 g/mol. The molecule has 206 valence electrons. The summed E-state index contributed by atoms with van der Waals surface area (Å²) in [5.74, 6) is 1.28. The summed E-state index contributed by atoms with van der Waals surface area (Å²) < 4.78 is 17.9. The lowest BCUT2D eigenvalue weighted by atomic mass is 9.80. The number of nitrogens with zero attached hydrogens (tertiary/aromatic N) is 2. The first kappa shape index (κ1) is 29.7. The fraction of sp³-hybridized carbons (Fsp3) is 0.258. The average molecular weight is 642 g/mol. The van der Waals surface area contributed by atoms with E-state index in [0.717, 1.165) is 28.6 Å². The molecule has 40 heavy (non-hydrogen) atoms. The fourth-order valence-corrected chi connectivity index (χ4v) is 5.03. The third kappa shape index (κ3) is 7.25. The SMILES string of the molecule is CC1(Cl)C(c2cccc(OCCCBr)c2)=CC=CC1COc1cc(OCc2cncc(C#N)c2)c(C=O)cc1Cl. The number of hydrogen-bond acceptors (Lipinski definition) is 6. The Kier molecular flexibility index (Phi) is 10.3. The first-order valence-corrected chi connectivity index (χ1v) is 14.5. The van der Waals surface area contributed by atoms with Gasteiger partial charge in [0.1, 0.15) is 29.9 Å². The van der Waals surface area contributed by atoms with Gasteiger partial charge in [-0.1, -0.05) is 57.9 Å². The number of rotatable bonds is 12. The number of alkyl halides is 2. The van der Waals surface area contributed by atoms with Crippen molar-refractivity contribution in [1.82, 2.24) is 4.98 Å². The molecule has 9 heteroatoms. The first-order chi connectivity index (χ1) is 19.3. The third-order valence-corrected chi connectivity index (χ3v) is 7.79. The largest absolute Gasteiger partial charge is 0.494 e. The van der Waals surface area contributed by atoms with Crippen LogP contribution in [0.1, 0.15) is 40.4 Å². The van der Waals surface area contributed by atoms with Crippen LogP contribution in [-0.2, 0) is 6.61 Å². The molecule has 6 nitrogen and oxygen atoms in total. The zero-order valence-electron chi connectivity index (χ0n) is 21.8. The topological polar surface area (TPSA) is 81.4 Å². The van der Waals surface area contributed by atoms with Gasteiger partial charge >= 0.3 is 0 Å². The highest BCUT2D eigenvalue weighted by Gasteiger charge is 2.37. The summed E-state index contributed by atoms with van der Waals surface area (Å²) in [6, 6.07) is 14.7. The number of ether oxygens (including phenoxy) is 3. The molecule has 2 aromatic carbocycles. The van der Waals surface area contributed by atoms with Crippen molar-refractivity contribution in [3.05, 3.63) is 100 Å². The van der Waals surface area contributed by atoms with Gasteiger partial charge in [0, 0.05) is 35.3 Å². The van der Waals surface area contributed by atoms with E-state index in [9.17, 15) is 4.79 Å². The molecule has 1 heterocycles. The number of carbonyl (C=O) groups excluding carboxylic acids is 1. The second-order valence-electron chi connectivity index (χ2n) is 9.30. The lowest BCUT2D eigenvalue weighted by molar-refractivity contribution is 0.111. The summed E-state index contributed by atoms with van der Waals surface area (Å²) >= 11 is 17.0. The van der Waals surface area contributed by atoms with Crippen LogP contribution in [0.5, 0.6) is 17.2 Å². The predicted molar refractivity (Wildman–Crippen MR) is 161 cm³/mol. The summed E-state index contributed by atoms with van der Waals surface area (Å²) in [6.07, 6.45) is 10.6. The summed E-state index contributed by atoms with van der Waals surface area (Å²) in [5, 5.41) is 10.3. The quantitative estimate of drug-likeness (QED) is 0.114. The minimum Gasteiger partial charge on any atom is -0.494 e. The molecule has 1 aliphatic carbocycles. The van der Waals surface area contributed by atoms with Crippen molar-refractivity contribution >= 4 is 51.0 Å². The van der Waals surface area contributed by atoms with E-state index >= 15 is 0 Å². The van der Waals surface area contributed by atoms with Gasteiger partial charge < -0.3 is 14.2 Å². The zero-order valence-corrected chi connectivity index (χ0v) is 24.9. The van der Waals surface area contributed by atoms with Crippen molar-refractivity contribution in [3.63, 3.8) is 0 Å². The summed E-state index contributed by atoms with van der Waals surface area (Å²) in [7, 11) is 0. The van der Waals surface area contributed by atoms with Crippen molar-refractivity contribution in [1.29, 1.82) is 5.26 Å². The van der Waals surface area contributed by atoms with Crippen molar-refractivity contribution < 1.29 is 19.0 Å². The summed E-state index contributed by atoms with van der Waals surface area (Å²) in [6.45, 7) is 2.94. The average Bonchev–Trinajstić information content (AvgIpc) is 2.96. The molecule has 0 aliphatic heterocycles. The molecular formula is C31H27BrCl2N2O4. The number of aromatic nitrogens is 1. The molecule has 0 saturated carbocycles. The van der Waals surface area contributed by atoms with Gasteiger partial charge in [-0.05, 0) is 48.7 Å². The van der Waals surface area contributed by atoms with E-state index in [0.29, 0.717) is 35.5 Å². The number of allylic oxidation sites excluding steroid dienone is 3. The van der Waals surface area contributed by atoms with Gasteiger partial charge in [0.05, 0.1) is 34.2 Å². The fourth-order valence-electron chi connectivity index (χ4n) is 4.26. The molecule has 4 rings (SSSR count). The van der Waals surface area contributed by atoms with Crippen LogP contribution in [0.25, 0.3) is 5.57 Å². The van der Waals surface area contributed by atoms with E-state index in [1.807, 2.05) is 55.5 Å². The van der Waals surface area contributed by atoms with E-state index in [4.69, 9.17) is 42.7 Å². The number of pyridine rings is 1. The van der Waals surface area contributed by atoms with Gasteiger partial charge in [0.2, 0.25) is 0 Å². The van der Waals surface area contributed by atoms with Gasteiger partial charge in [0.15, 0.2) is 6.29 Å².